The zero-order valence-electron chi connectivity index (χ0n) is 6.05. The average Bonchev–Trinajstić information content (AvgIpc) is 1.25. The molecular formula is H8CaN2O10. The molecule has 0 aromatic rings. The van der Waals surface area contributed by atoms with E-state index in [9.17, 15) is 0 Å². The zero-order valence-corrected chi connectivity index (χ0v) is 8.26. The van der Waals surface area contributed by atoms with Crippen molar-refractivity contribution in [3.8, 4) is 0 Å². The normalized spacial score (nSPS) is 3.69. The summed E-state index contributed by atoms with van der Waals surface area (Å²) in [6.45, 7) is 0. The summed E-state index contributed by atoms with van der Waals surface area (Å²) in [4.78, 5) is 16.5. The molecule has 0 aliphatic carbocycles. The zero-order chi connectivity index (χ0) is 7.15. The molecule has 0 aromatic heterocycles. The van der Waals surface area contributed by atoms with Crippen LogP contribution in [0.1, 0.15) is 0 Å². The van der Waals surface area contributed by atoms with E-state index in [1.165, 1.54) is 0 Å². The van der Waals surface area contributed by atoms with Gasteiger partial charge in [-0.1, -0.05) is 0 Å². The van der Waals surface area contributed by atoms with Gasteiger partial charge in [-0.2, -0.15) is 0 Å². The summed E-state index contributed by atoms with van der Waals surface area (Å²) in [5, 5.41) is 29.5. The monoisotopic (exact) mass is 238 g/mol. The van der Waals surface area contributed by atoms with Crippen molar-refractivity contribution in [2.24, 2.45) is 0 Å². The summed E-state index contributed by atoms with van der Waals surface area (Å²) in [5.41, 5.74) is 0. The fraction of sp³-hybridized carbons (Fsp3) is 0. The van der Waals surface area contributed by atoms with E-state index in [0.29, 0.717) is 0 Å². The Morgan fingerprint density at radius 3 is 0.615 bits per heavy atom. The molecule has 0 aliphatic heterocycles. The van der Waals surface area contributed by atoms with Gasteiger partial charge in [0.2, 0.25) is 0 Å². The van der Waals surface area contributed by atoms with Crippen LogP contribution in [0.15, 0.2) is 0 Å². The van der Waals surface area contributed by atoms with E-state index in [4.69, 9.17) is 30.6 Å². The molecule has 0 saturated heterocycles. The Morgan fingerprint density at radius 2 is 0.615 bits per heavy atom. The average molecular weight is 238 g/mol. The molecule has 13 heteroatoms. The van der Waals surface area contributed by atoms with Crippen molar-refractivity contribution in [2.45, 2.75) is 0 Å². The summed E-state index contributed by atoms with van der Waals surface area (Å²) in [6.07, 6.45) is 0. The Labute approximate surface area is 100 Å². The summed E-state index contributed by atoms with van der Waals surface area (Å²) in [6, 6.07) is 0. The van der Waals surface area contributed by atoms with Crippen molar-refractivity contribution in [2.75, 3.05) is 0 Å². The minimum absolute atomic E-state index is 0. The molecule has 0 spiro atoms. The van der Waals surface area contributed by atoms with Crippen LogP contribution >= 0.6 is 0 Å². The quantitative estimate of drug-likeness (QED) is 0.174. The summed E-state index contributed by atoms with van der Waals surface area (Å²) in [5.74, 6) is 0. The van der Waals surface area contributed by atoms with Gasteiger partial charge in [0.15, 0.2) is 0 Å². The summed E-state index contributed by atoms with van der Waals surface area (Å²) in [7, 11) is 0. The first-order chi connectivity index (χ1) is 3.46. The van der Waals surface area contributed by atoms with Gasteiger partial charge in [-0.15, -0.1) is 0 Å². The molecule has 0 fully saturated rings. The second kappa shape index (κ2) is 41.9. The maximum absolute atomic E-state index is 8.25. The van der Waals surface area contributed by atoms with Crippen molar-refractivity contribution in [3.63, 3.8) is 0 Å². The molecule has 0 atom stereocenters. The molecule has 0 aromatic carbocycles. The minimum atomic E-state index is -1.75. The Bertz CT molecular complexity index is 70.9. The van der Waals surface area contributed by atoms with Crippen LogP contribution in [0.3, 0.4) is 0 Å². The van der Waals surface area contributed by atoms with Crippen molar-refractivity contribution in [3.05, 3.63) is 30.6 Å². The third-order valence-electron chi connectivity index (χ3n) is 0. The maximum atomic E-state index is 8.25. The van der Waals surface area contributed by atoms with Gasteiger partial charge < -0.3 is 52.5 Å². The van der Waals surface area contributed by atoms with Gasteiger partial charge in [0, 0.05) is 0 Å². The molecule has 0 unspecified atom stereocenters. The molecular weight excluding hydrogens is 230 g/mol. The van der Waals surface area contributed by atoms with Crippen molar-refractivity contribution in [1.29, 1.82) is 0 Å². The number of hydrogen-bond donors (Lipinski definition) is 0. The van der Waals surface area contributed by atoms with Gasteiger partial charge in [-0.05, 0) is 0 Å². The fourth-order valence-electron chi connectivity index (χ4n) is 0. The Balaban J connectivity index is -0.00000000800. The first-order valence-electron chi connectivity index (χ1n) is 1.10. The van der Waals surface area contributed by atoms with Crippen LogP contribution in [0.2, 0.25) is 0 Å². The smallest absolute Gasteiger partial charge is 0.412 e. The summed E-state index contributed by atoms with van der Waals surface area (Å²) >= 11 is 0. The molecule has 12 nitrogen and oxygen atoms in total. The van der Waals surface area contributed by atoms with Crippen molar-refractivity contribution < 1.29 is 32.1 Å². The largest absolute Gasteiger partial charge is 2.00 e. The second-order valence-corrected chi connectivity index (χ2v) is 0.447. The maximum Gasteiger partial charge on any atom is 2.00 e. The SMILES string of the molecule is O.O.O.O.O=[15N+]([O-])[O-].O=[15N+]([O-])[O-].[Ca+2]. The van der Waals surface area contributed by atoms with E-state index in [1.54, 1.807) is 0 Å². The van der Waals surface area contributed by atoms with E-state index >= 15 is 0 Å². The predicted octanol–water partition coefficient (Wildman–Crippen LogP) is -4.16. The molecule has 8 N–H and O–H groups in total. The first-order valence-corrected chi connectivity index (χ1v) is 1.10. The van der Waals surface area contributed by atoms with Crippen LogP contribution in [-0.2, 0) is 0 Å². The fourth-order valence-corrected chi connectivity index (χ4v) is 0. The van der Waals surface area contributed by atoms with Gasteiger partial charge in [0.1, 0.15) is 0 Å². The van der Waals surface area contributed by atoms with Crippen LogP contribution < -0.4 is 0 Å². The minimum Gasteiger partial charge on any atom is -0.412 e. The Hall–Kier alpha value is -0.500. The van der Waals surface area contributed by atoms with E-state index in [0.717, 1.165) is 0 Å². The number of hydrogen-bond acceptors (Lipinski definition) is 6. The molecule has 80 valence electrons. The van der Waals surface area contributed by atoms with Gasteiger partial charge in [-0.3, -0.25) is 0 Å². The standard InChI is InChI=1S/Ca.2NO3.4H2O/c;2*2-1(3)4;;;;/h;;;4*1H2/q+2;2*-1;;;;/i;2*1+1;;;;. The first kappa shape index (κ1) is 54.7. The number of rotatable bonds is 0. The van der Waals surface area contributed by atoms with Crippen LogP contribution in [0.25, 0.3) is 0 Å². The molecule has 13 heavy (non-hydrogen) atoms. The second-order valence-electron chi connectivity index (χ2n) is 0.447. The Kier molecular flexibility index (Phi) is 176. The van der Waals surface area contributed by atoms with Crippen LogP contribution in [0.5, 0.6) is 0 Å². The molecule has 0 bridgehead atoms. The molecule has 0 radical (unpaired) electrons. The van der Waals surface area contributed by atoms with E-state index in [2.05, 4.69) is 0 Å². The van der Waals surface area contributed by atoms with Crippen LogP contribution in [0.4, 0.5) is 0 Å². The van der Waals surface area contributed by atoms with Crippen LogP contribution in [0, 0.1) is 30.6 Å². The Morgan fingerprint density at radius 1 is 0.615 bits per heavy atom. The molecule has 0 saturated carbocycles. The van der Waals surface area contributed by atoms with Gasteiger partial charge in [-0.25, -0.2) is 0 Å². The van der Waals surface area contributed by atoms with E-state index in [-0.39, 0.29) is 59.6 Å². The van der Waals surface area contributed by atoms with Crippen LogP contribution in [-0.4, -0.2) is 69.8 Å². The van der Waals surface area contributed by atoms with Gasteiger partial charge >= 0.3 is 37.7 Å². The predicted molar refractivity (Wildman–Crippen MR) is 40.9 cm³/mol. The van der Waals surface area contributed by atoms with Gasteiger partial charge in [0.05, 0.1) is 10.2 Å². The number of nitrogens with zero attached hydrogens (tertiary/aromatic N) is 2. The van der Waals surface area contributed by atoms with E-state index in [1.807, 2.05) is 0 Å². The summed E-state index contributed by atoms with van der Waals surface area (Å²) < 4.78 is 0. The van der Waals surface area contributed by atoms with Crippen molar-refractivity contribution in [1.82, 2.24) is 0 Å². The molecule has 0 aliphatic rings. The topological polar surface area (TPSA) is 258 Å². The molecule has 0 heterocycles. The third kappa shape index (κ3) is 4150. The molecule has 0 rings (SSSR count). The van der Waals surface area contributed by atoms with Gasteiger partial charge in [0.25, 0.3) is 0 Å². The van der Waals surface area contributed by atoms with E-state index < -0.39 is 10.2 Å². The third-order valence-corrected chi connectivity index (χ3v) is 0. The molecule has 0 amide bonds. The van der Waals surface area contributed by atoms with Crippen molar-refractivity contribution >= 4 is 37.7 Å².